The van der Waals surface area contributed by atoms with Crippen LogP contribution in [0.3, 0.4) is 0 Å². The Balaban J connectivity index is 1.52. The SMILES string of the molecule is C[C@H]1C(=O)Nc2ccc(C(=O)COC(=O)CCc3ccc(F)cc3)cc21. The van der Waals surface area contributed by atoms with Gasteiger partial charge in [-0.05, 0) is 54.8 Å². The molecule has 1 aliphatic heterocycles. The van der Waals surface area contributed by atoms with Crippen molar-refractivity contribution in [2.75, 3.05) is 11.9 Å². The molecule has 1 atom stereocenters. The number of ether oxygens (including phenoxy) is 1. The van der Waals surface area contributed by atoms with E-state index in [1.54, 1.807) is 37.3 Å². The van der Waals surface area contributed by atoms with Gasteiger partial charge in [0.15, 0.2) is 12.4 Å². The second kappa shape index (κ2) is 7.47. The van der Waals surface area contributed by atoms with Gasteiger partial charge in [-0.1, -0.05) is 12.1 Å². The fourth-order valence-corrected chi connectivity index (χ4v) is 2.79. The molecular weight excluding hydrogens is 337 g/mol. The van der Waals surface area contributed by atoms with Crippen LogP contribution in [0, 0.1) is 5.82 Å². The van der Waals surface area contributed by atoms with Crippen LogP contribution in [-0.4, -0.2) is 24.3 Å². The Morgan fingerprint density at radius 2 is 1.88 bits per heavy atom. The second-order valence-electron chi connectivity index (χ2n) is 6.22. The van der Waals surface area contributed by atoms with Gasteiger partial charge >= 0.3 is 5.97 Å². The molecule has 5 nitrogen and oxygen atoms in total. The van der Waals surface area contributed by atoms with Gasteiger partial charge in [0.1, 0.15) is 5.82 Å². The average molecular weight is 355 g/mol. The van der Waals surface area contributed by atoms with E-state index in [-0.39, 0.29) is 36.5 Å². The van der Waals surface area contributed by atoms with Crippen molar-refractivity contribution in [2.24, 2.45) is 0 Å². The van der Waals surface area contributed by atoms with Crippen LogP contribution in [-0.2, 0) is 20.7 Å². The Bertz CT molecular complexity index is 861. The van der Waals surface area contributed by atoms with Crippen molar-refractivity contribution < 1.29 is 23.5 Å². The van der Waals surface area contributed by atoms with E-state index in [2.05, 4.69) is 5.32 Å². The number of esters is 1. The standard InChI is InChI=1S/C20H18FNO4/c1-12-16-10-14(5-8-17(16)22-20(12)25)18(23)11-26-19(24)9-4-13-2-6-15(21)7-3-13/h2-3,5-8,10,12H,4,9,11H2,1H3,(H,22,25)/t12-/m1/s1. The number of Topliss-reactive ketones (excluding diaryl/α,β-unsaturated/α-hetero) is 1. The topological polar surface area (TPSA) is 72.5 Å². The third kappa shape index (κ3) is 3.96. The number of nitrogens with one attached hydrogen (secondary N) is 1. The summed E-state index contributed by atoms with van der Waals surface area (Å²) in [6, 6.07) is 10.8. The number of hydrogen-bond acceptors (Lipinski definition) is 4. The molecule has 0 radical (unpaired) electrons. The predicted octanol–water partition coefficient (Wildman–Crippen LogP) is 3.24. The third-order valence-corrected chi connectivity index (χ3v) is 4.39. The minimum absolute atomic E-state index is 0.100. The summed E-state index contributed by atoms with van der Waals surface area (Å²) in [5.74, 6) is -1.56. The molecule has 2 aromatic carbocycles. The van der Waals surface area contributed by atoms with E-state index in [1.807, 2.05) is 0 Å². The molecule has 1 N–H and O–H groups in total. The number of halogens is 1. The lowest BCUT2D eigenvalue weighted by Crippen LogP contribution is -2.14. The second-order valence-corrected chi connectivity index (χ2v) is 6.22. The van der Waals surface area contributed by atoms with Crippen molar-refractivity contribution in [3.63, 3.8) is 0 Å². The number of anilines is 1. The van der Waals surface area contributed by atoms with Crippen LogP contribution in [0.5, 0.6) is 0 Å². The van der Waals surface area contributed by atoms with E-state index in [1.165, 1.54) is 12.1 Å². The highest BCUT2D eigenvalue weighted by atomic mass is 19.1. The normalized spacial score (nSPS) is 15.3. The molecule has 0 aromatic heterocycles. The van der Waals surface area contributed by atoms with Gasteiger partial charge < -0.3 is 10.1 Å². The molecule has 0 saturated heterocycles. The Morgan fingerprint density at radius 1 is 1.15 bits per heavy atom. The summed E-state index contributed by atoms with van der Waals surface area (Å²) in [5.41, 5.74) is 2.69. The molecule has 3 rings (SSSR count). The van der Waals surface area contributed by atoms with E-state index in [4.69, 9.17) is 4.74 Å². The van der Waals surface area contributed by atoms with Crippen LogP contribution in [0.4, 0.5) is 10.1 Å². The van der Waals surface area contributed by atoms with Crippen molar-refractivity contribution in [2.45, 2.75) is 25.7 Å². The molecule has 0 saturated carbocycles. The number of benzene rings is 2. The minimum Gasteiger partial charge on any atom is -0.457 e. The first-order valence-corrected chi connectivity index (χ1v) is 8.32. The summed E-state index contributed by atoms with van der Waals surface area (Å²) < 4.78 is 17.9. The lowest BCUT2D eigenvalue weighted by molar-refractivity contribution is -0.142. The summed E-state index contributed by atoms with van der Waals surface area (Å²) in [4.78, 5) is 35.7. The number of carbonyl (C=O) groups is 3. The number of ketones is 1. The number of carbonyl (C=O) groups excluding carboxylic acids is 3. The number of fused-ring (bicyclic) bond motifs is 1. The molecule has 6 heteroatoms. The first kappa shape index (κ1) is 17.8. The van der Waals surface area contributed by atoms with Crippen molar-refractivity contribution in [3.05, 3.63) is 65.0 Å². The van der Waals surface area contributed by atoms with Gasteiger partial charge in [-0.25, -0.2) is 4.39 Å². The maximum atomic E-state index is 12.8. The molecule has 1 heterocycles. The lowest BCUT2D eigenvalue weighted by atomic mass is 9.99. The van der Waals surface area contributed by atoms with Gasteiger partial charge in [-0.15, -0.1) is 0 Å². The van der Waals surface area contributed by atoms with E-state index in [0.717, 1.165) is 11.1 Å². The van der Waals surface area contributed by atoms with Crippen LogP contribution >= 0.6 is 0 Å². The molecule has 0 aliphatic carbocycles. The molecule has 0 spiro atoms. The smallest absolute Gasteiger partial charge is 0.306 e. The highest BCUT2D eigenvalue weighted by molar-refractivity contribution is 6.05. The van der Waals surface area contributed by atoms with Crippen LogP contribution in [0.25, 0.3) is 0 Å². The molecule has 1 aliphatic rings. The van der Waals surface area contributed by atoms with E-state index in [0.29, 0.717) is 17.7 Å². The Hall–Kier alpha value is -3.02. The summed E-state index contributed by atoms with van der Waals surface area (Å²) in [6.45, 7) is 1.42. The largest absolute Gasteiger partial charge is 0.457 e. The Morgan fingerprint density at radius 3 is 2.62 bits per heavy atom. The summed E-state index contributed by atoms with van der Waals surface area (Å²) in [7, 11) is 0. The minimum atomic E-state index is -0.492. The van der Waals surface area contributed by atoms with Crippen LogP contribution in [0.15, 0.2) is 42.5 Å². The highest BCUT2D eigenvalue weighted by Gasteiger charge is 2.27. The first-order valence-electron chi connectivity index (χ1n) is 8.32. The molecule has 0 unspecified atom stereocenters. The molecule has 0 fully saturated rings. The van der Waals surface area contributed by atoms with Gasteiger partial charge in [0, 0.05) is 17.7 Å². The van der Waals surface area contributed by atoms with E-state index >= 15 is 0 Å². The third-order valence-electron chi connectivity index (χ3n) is 4.39. The maximum Gasteiger partial charge on any atom is 0.306 e. The monoisotopic (exact) mass is 355 g/mol. The maximum absolute atomic E-state index is 12.8. The van der Waals surface area contributed by atoms with Gasteiger partial charge in [0.25, 0.3) is 0 Å². The zero-order valence-electron chi connectivity index (χ0n) is 14.3. The molecule has 0 bridgehead atoms. The van der Waals surface area contributed by atoms with E-state index in [9.17, 15) is 18.8 Å². The zero-order valence-corrected chi connectivity index (χ0v) is 14.3. The van der Waals surface area contributed by atoms with Crippen molar-refractivity contribution in [3.8, 4) is 0 Å². The van der Waals surface area contributed by atoms with Gasteiger partial charge in [-0.3, -0.25) is 14.4 Å². The molecular formula is C20H18FNO4. The molecule has 2 aromatic rings. The quantitative estimate of drug-likeness (QED) is 0.638. The van der Waals surface area contributed by atoms with Crippen LogP contribution < -0.4 is 5.32 Å². The Labute approximate surface area is 150 Å². The highest BCUT2D eigenvalue weighted by Crippen LogP contribution is 2.32. The molecule has 134 valence electrons. The summed E-state index contributed by atoms with van der Waals surface area (Å²) >= 11 is 0. The number of amides is 1. The molecule has 1 amide bonds. The number of rotatable bonds is 6. The van der Waals surface area contributed by atoms with Crippen LogP contribution in [0.2, 0.25) is 0 Å². The van der Waals surface area contributed by atoms with Crippen LogP contribution in [0.1, 0.15) is 40.7 Å². The lowest BCUT2D eigenvalue weighted by Gasteiger charge is -2.07. The van der Waals surface area contributed by atoms with Gasteiger partial charge in [-0.2, -0.15) is 0 Å². The molecule has 26 heavy (non-hydrogen) atoms. The van der Waals surface area contributed by atoms with Crippen molar-refractivity contribution in [1.82, 2.24) is 0 Å². The van der Waals surface area contributed by atoms with Crippen molar-refractivity contribution >= 4 is 23.3 Å². The summed E-state index contributed by atoms with van der Waals surface area (Å²) in [6.07, 6.45) is 0.524. The number of hydrogen-bond donors (Lipinski definition) is 1. The van der Waals surface area contributed by atoms with Crippen molar-refractivity contribution in [1.29, 1.82) is 0 Å². The Kier molecular flexibility index (Phi) is 5.11. The van der Waals surface area contributed by atoms with Gasteiger partial charge in [0.2, 0.25) is 5.91 Å². The predicted molar refractivity (Wildman–Crippen MR) is 93.5 cm³/mol. The fraction of sp³-hybridized carbons (Fsp3) is 0.250. The fourth-order valence-electron chi connectivity index (χ4n) is 2.79. The first-order chi connectivity index (χ1) is 12.4. The average Bonchev–Trinajstić information content (AvgIpc) is 2.93. The zero-order chi connectivity index (χ0) is 18.7. The van der Waals surface area contributed by atoms with Gasteiger partial charge in [0.05, 0.1) is 5.92 Å². The number of aryl methyl sites for hydroxylation is 1. The summed E-state index contributed by atoms with van der Waals surface area (Å²) in [5, 5.41) is 2.74. The van der Waals surface area contributed by atoms with E-state index < -0.39 is 5.97 Å².